The number of hydrogen-bond acceptors (Lipinski definition) is 2. The second-order valence-electron chi connectivity index (χ2n) is 4.69. The molecular weight excluding hydrogens is 282 g/mol. The van der Waals surface area contributed by atoms with Crippen molar-refractivity contribution in [3.8, 4) is 0 Å². The fourth-order valence-corrected chi connectivity index (χ4v) is 1.72. The SMILES string of the molecule is CC(O)CNC(=O)C(C)(C)c1ccc(Br)cc1. The molecule has 1 amide bonds. The van der Waals surface area contributed by atoms with E-state index >= 15 is 0 Å². The van der Waals surface area contributed by atoms with E-state index in [9.17, 15) is 4.79 Å². The summed E-state index contributed by atoms with van der Waals surface area (Å²) in [5.74, 6) is -0.0827. The zero-order valence-electron chi connectivity index (χ0n) is 10.3. The lowest BCUT2D eigenvalue weighted by atomic mass is 9.84. The van der Waals surface area contributed by atoms with Crippen molar-refractivity contribution in [1.29, 1.82) is 0 Å². The topological polar surface area (TPSA) is 49.3 Å². The van der Waals surface area contributed by atoms with E-state index in [1.807, 2.05) is 38.1 Å². The number of benzene rings is 1. The lowest BCUT2D eigenvalue weighted by Gasteiger charge is -2.24. The molecule has 0 fully saturated rings. The third kappa shape index (κ3) is 3.82. The number of aliphatic hydroxyl groups is 1. The minimum absolute atomic E-state index is 0.0827. The standard InChI is InChI=1S/C13H18BrNO2/c1-9(16)8-15-12(17)13(2,3)10-4-6-11(14)7-5-10/h4-7,9,16H,8H2,1-3H3,(H,15,17). The molecule has 0 radical (unpaired) electrons. The predicted molar refractivity (Wildman–Crippen MR) is 71.9 cm³/mol. The predicted octanol–water partition coefficient (Wildman–Crippen LogP) is 2.22. The zero-order valence-corrected chi connectivity index (χ0v) is 11.9. The van der Waals surface area contributed by atoms with E-state index in [0.717, 1.165) is 10.0 Å². The molecule has 0 aromatic heterocycles. The van der Waals surface area contributed by atoms with E-state index in [0.29, 0.717) is 0 Å². The number of halogens is 1. The molecular formula is C13H18BrNO2. The van der Waals surface area contributed by atoms with Gasteiger partial charge in [-0.3, -0.25) is 4.79 Å². The van der Waals surface area contributed by atoms with Crippen molar-refractivity contribution < 1.29 is 9.90 Å². The van der Waals surface area contributed by atoms with Gasteiger partial charge in [0, 0.05) is 11.0 Å². The van der Waals surface area contributed by atoms with E-state index in [2.05, 4.69) is 21.2 Å². The van der Waals surface area contributed by atoms with Crippen LogP contribution in [0.4, 0.5) is 0 Å². The van der Waals surface area contributed by atoms with Crippen LogP contribution in [-0.2, 0) is 10.2 Å². The third-order valence-electron chi connectivity index (χ3n) is 2.69. The Morgan fingerprint density at radius 3 is 2.41 bits per heavy atom. The number of carbonyl (C=O) groups excluding carboxylic acids is 1. The average molecular weight is 300 g/mol. The fraction of sp³-hybridized carbons (Fsp3) is 0.462. The minimum Gasteiger partial charge on any atom is -0.392 e. The Labute approximate surface area is 110 Å². The monoisotopic (exact) mass is 299 g/mol. The second-order valence-corrected chi connectivity index (χ2v) is 5.61. The Bertz CT molecular complexity index is 385. The van der Waals surface area contributed by atoms with Gasteiger partial charge in [-0.15, -0.1) is 0 Å². The molecule has 17 heavy (non-hydrogen) atoms. The van der Waals surface area contributed by atoms with Gasteiger partial charge in [-0.2, -0.15) is 0 Å². The molecule has 0 aliphatic carbocycles. The molecule has 0 spiro atoms. The molecule has 1 rings (SSSR count). The van der Waals surface area contributed by atoms with Crippen molar-refractivity contribution >= 4 is 21.8 Å². The third-order valence-corrected chi connectivity index (χ3v) is 3.22. The first-order valence-corrected chi connectivity index (χ1v) is 6.35. The van der Waals surface area contributed by atoms with Gasteiger partial charge in [-0.25, -0.2) is 0 Å². The van der Waals surface area contributed by atoms with Crippen LogP contribution in [0.25, 0.3) is 0 Å². The van der Waals surface area contributed by atoms with Crippen LogP contribution < -0.4 is 5.32 Å². The van der Waals surface area contributed by atoms with Gasteiger partial charge in [-0.1, -0.05) is 28.1 Å². The lowest BCUT2D eigenvalue weighted by molar-refractivity contribution is -0.126. The molecule has 0 saturated carbocycles. The van der Waals surface area contributed by atoms with Gasteiger partial charge in [0.25, 0.3) is 0 Å². The van der Waals surface area contributed by atoms with Crippen LogP contribution in [-0.4, -0.2) is 23.7 Å². The molecule has 1 atom stereocenters. The number of aliphatic hydroxyl groups excluding tert-OH is 1. The maximum Gasteiger partial charge on any atom is 0.230 e. The quantitative estimate of drug-likeness (QED) is 0.896. The molecule has 3 nitrogen and oxygen atoms in total. The number of rotatable bonds is 4. The van der Waals surface area contributed by atoms with Crippen LogP contribution in [0.15, 0.2) is 28.7 Å². The second kappa shape index (κ2) is 5.65. The van der Waals surface area contributed by atoms with Crippen LogP contribution in [0.1, 0.15) is 26.3 Å². The largest absolute Gasteiger partial charge is 0.392 e. The highest BCUT2D eigenvalue weighted by Gasteiger charge is 2.29. The van der Waals surface area contributed by atoms with Crippen LogP contribution in [0.5, 0.6) is 0 Å². The van der Waals surface area contributed by atoms with Crippen molar-refractivity contribution in [3.63, 3.8) is 0 Å². The number of hydrogen-bond donors (Lipinski definition) is 2. The summed E-state index contributed by atoms with van der Waals surface area (Å²) in [5.41, 5.74) is 0.346. The van der Waals surface area contributed by atoms with E-state index in [1.165, 1.54) is 0 Å². The number of amides is 1. The average Bonchev–Trinajstić information content (AvgIpc) is 2.26. The van der Waals surface area contributed by atoms with Crippen LogP contribution in [0, 0.1) is 0 Å². The Kier molecular flexibility index (Phi) is 4.71. The normalized spacial score (nSPS) is 13.2. The first-order chi connectivity index (χ1) is 7.84. The first-order valence-electron chi connectivity index (χ1n) is 5.56. The molecule has 0 aliphatic heterocycles. The van der Waals surface area contributed by atoms with Gasteiger partial charge in [0.1, 0.15) is 0 Å². The molecule has 0 bridgehead atoms. The maximum absolute atomic E-state index is 12.0. The zero-order chi connectivity index (χ0) is 13.1. The summed E-state index contributed by atoms with van der Waals surface area (Å²) in [4.78, 5) is 12.0. The van der Waals surface area contributed by atoms with Crippen molar-refractivity contribution in [1.82, 2.24) is 5.32 Å². The maximum atomic E-state index is 12.0. The van der Waals surface area contributed by atoms with Gasteiger partial charge in [-0.05, 0) is 38.5 Å². The minimum atomic E-state index is -0.602. The Hall–Kier alpha value is -0.870. The van der Waals surface area contributed by atoms with Gasteiger partial charge < -0.3 is 10.4 Å². The molecule has 1 aromatic rings. The summed E-state index contributed by atoms with van der Waals surface area (Å²) in [6, 6.07) is 7.68. The first kappa shape index (κ1) is 14.2. The summed E-state index contributed by atoms with van der Waals surface area (Å²) in [5, 5.41) is 11.9. The molecule has 0 aliphatic rings. The van der Waals surface area contributed by atoms with E-state index < -0.39 is 11.5 Å². The molecule has 1 aromatic carbocycles. The molecule has 0 saturated heterocycles. The summed E-state index contributed by atoms with van der Waals surface area (Å²) in [7, 11) is 0. The van der Waals surface area contributed by atoms with E-state index in [4.69, 9.17) is 5.11 Å². The van der Waals surface area contributed by atoms with E-state index in [1.54, 1.807) is 6.92 Å². The van der Waals surface area contributed by atoms with Crippen LogP contribution in [0.3, 0.4) is 0 Å². The lowest BCUT2D eigenvalue weighted by Crippen LogP contribution is -2.42. The Morgan fingerprint density at radius 2 is 1.94 bits per heavy atom. The number of nitrogens with one attached hydrogen (secondary N) is 1. The fourth-order valence-electron chi connectivity index (χ4n) is 1.46. The molecule has 1 unspecified atom stereocenters. The van der Waals surface area contributed by atoms with Gasteiger partial charge in [0.15, 0.2) is 0 Å². The summed E-state index contributed by atoms with van der Waals surface area (Å²) >= 11 is 3.37. The van der Waals surface area contributed by atoms with Crippen molar-refractivity contribution in [3.05, 3.63) is 34.3 Å². The molecule has 0 heterocycles. The summed E-state index contributed by atoms with van der Waals surface area (Å²) in [6.45, 7) is 5.66. The Morgan fingerprint density at radius 1 is 1.41 bits per heavy atom. The molecule has 94 valence electrons. The van der Waals surface area contributed by atoms with Crippen molar-refractivity contribution in [2.45, 2.75) is 32.3 Å². The van der Waals surface area contributed by atoms with Gasteiger partial charge >= 0.3 is 0 Å². The highest BCUT2D eigenvalue weighted by Crippen LogP contribution is 2.24. The van der Waals surface area contributed by atoms with Crippen LogP contribution in [0.2, 0.25) is 0 Å². The summed E-state index contributed by atoms with van der Waals surface area (Å²) < 4.78 is 0.987. The smallest absolute Gasteiger partial charge is 0.230 e. The van der Waals surface area contributed by atoms with Crippen molar-refractivity contribution in [2.24, 2.45) is 0 Å². The highest BCUT2D eigenvalue weighted by molar-refractivity contribution is 9.10. The summed E-state index contributed by atoms with van der Waals surface area (Å²) in [6.07, 6.45) is -0.528. The van der Waals surface area contributed by atoms with Gasteiger partial charge in [0.05, 0.1) is 11.5 Å². The van der Waals surface area contributed by atoms with E-state index in [-0.39, 0.29) is 12.5 Å². The molecule has 4 heteroatoms. The van der Waals surface area contributed by atoms with Gasteiger partial charge in [0.2, 0.25) is 5.91 Å². The Balaban J connectivity index is 2.79. The highest BCUT2D eigenvalue weighted by atomic mass is 79.9. The number of carbonyl (C=O) groups is 1. The molecule has 2 N–H and O–H groups in total. The van der Waals surface area contributed by atoms with Crippen molar-refractivity contribution in [2.75, 3.05) is 6.54 Å². The van der Waals surface area contributed by atoms with Crippen LogP contribution >= 0.6 is 15.9 Å².